The van der Waals surface area contributed by atoms with Gasteiger partial charge in [0.15, 0.2) is 6.10 Å². The second-order valence-electron chi connectivity index (χ2n) is 22.7. The molecule has 0 bridgehead atoms. The molecule has 472 valence electrons. The van der Waals surface area contributed by atoms with E-state index in [2.05, 4.69) is 142 Å². The summed E-state index contributed by atoms with van der Waals surface area (Å²) in [5.41, 5.74) is 0. The number of hydrogen-bond acceptors (Lipinski definition) is 6. The summed E-state index contributed by atoms with van der Waals surface area (Å²) in [6.07, 6.45) is 99.5. The average molecular weight is 1150 g/mol. The molecule has 0 saturated heterocycles. The molecule has 0 saturated carbocycles. The van der Waals surface area contributed by atoms with E-state index >= 15 is 0 Å². The zero-order valence-corrected chi connectivity index (χ0v) is 54.2. The van der Waals surface area contributed by atoms with Gasteiger partial charge in [-0.2, -0.15) is 0 Å². The minimum Gasteiger partial charge on any atom is -0.462 e. The standard InChI is InChI=1S/C77H128O6/c1-4-7-10-13-16-19-22-25-27-29-31-33-35-36-37-38-39-40-42-43-45-47-49-52-55-58-61-64-67-70-76(79)82-73-74(72-81-75(78)69-66-63-60-57-54-51-24-21-18-15-12-9-6-3)83-77(80)71-68-65-62-59-56-53-50-48-46-44-41-34-32-30-28-26-23-20-17-14-11-8-5-2/h8-9,11-12,17-18,20-21,26,28,32,34,44,46,50-51,53-54,59-60,62-63,74H,4-7,10,13-16,19,22-25,27,29-31,33,35-43,45,47-49,52,55-58,61,64-73H2,1-3H3/b11-8-,12-9-,20-17-,21-18-,28-26-,34-32-,46-44-,53-50-,54-51-,62-59-,63-60-. The van der Waals surface area contributed by atoms with Crippen molar-refractivity contribution in [1.82, 2.24) is 0 Å². The zero-order valence-electron chi connectivity index (χ0n) is 54.2. The Hall–Kier alpha value is -4.45. The van der Waals surface area contributed by atoms with Crippen LogP contribution in [0.4, 0.5) is 0 Å². The highest BCUT2D eigenvalue weighted by atomic mass is 16.6. The van der Waals surface area contributed by atoms with Crippen LogP contribution in [0, 0.1) is 0 Å². The van der Waals surface area contributed by atoms with Crippen LogP contribution in [0.1, 0.15) is 316 Å². The topological polar surface area (TPSA) is 78.9 Å². The molecule has 0 aliphatic rings. The van der Waals surface area contributed by atoms with Crippen LogP contribution >= 0.6 is 0 Å². The second kappa shape index (κ2) is 70.0. The van der Waals surface area contributed by atoms with Crippen molar-refractivity contribution in [3.63, 3.8) is 0 Å². The first-order valence-corrected chi connectivity index (χ1v) is 34.7. The van der Waals surface area contributed by atoms with Gasteiger partial charge in [0.2, 0.25) is 0 Å². The fourth-order valence-corrected chi connectivity index (χ4v) is 9.57. The van der Waals surface area contributed by atoms with Crippen molar-refractivity contribution in [3.8, 4) is 0 Å². The lowest BCUT2D eigenvalue weighted by molar-refractivity contribution is -0.166. The third kappa shape index (κ3) is 68.2. The molecule has 0 rings (SSSR count). The van der Waals surface area contributed by atoms with E-state index < -0.39 is 6.10 Å². The monoisotopic (exact) mass is 1150 g/mol. The molecule has 1 unspecified atom stereocenters. The highest BCUT2D eigenvalue weighted by Crippen LogP contribution is 2.17. The van der Waals surface area contributed by atoms with Crippen molar-refractivity contribution < 1.29 is 28.6 Å². The fourth-order valence-electron chi connectivity index (χ4n) is 9.57. The third-order valence-corrected chi connectivity index (χ3v) is 14.7. The van der Waals surface area contributed by atoms with Gasteiger partial charge in [-0.3, -0.25) is 14.4 Å². The van der Waals surface area contributed by atoms with Gasteiger partial charge in [-0.15, -0.1) is 0 Å². The summed E-state index contributed by atoms with van der Waals surface area (Å²) >= 11 is 0. The average Bonchev–Trinajstić information content (AvgIpc) is 3.49. The Balaban J connectivity index is 4.36. The van der Waals surface area contributed by atoms with Crippen molar-refractivity contribution in [2.75, 3.05) is 13.2 Å². The highest BCUT2D eigenvalue weighted by Gasteiger charge is 2.19. The van der Waals surface area contributed by atoms with E-state index in [-0.39, 0.29) is 44.0 Å². The summed E-state index contributed by atoms with van der Waals surface area (Å²) in [4.78, 5) is 38.3. The summed E-state index contributed by atoms with van der Waals surface area (Å²) in [6.45, 7) is 6.33. The maximum atomic E-state index is 12.9. The quantitative estimate of drug-likeness (QED) is 0.0261. The van der Waals surface area contributed by atoms with Gasteiger partial charge in [-0.05, 0) is 96.3 Å². The van der Waals surface area contributed by atoms with Gasteiger partial charge in [-0.25, -0.2) is 0 Å². The molecule has 0 aliphatic heterocycles. The Labute approximate surface area is 513 Å². The number of ether oxygens (including phenoxy) is 3. The number of unbranched alkanes of at least 4 members (excludes halogenated alkanes) is 29. The van der Waals surface area contributed by atoms with Gasteiger partial charge < -0.3 is 14.2 Å². The van der Waals surface area contributed by atoms with Crippen molar-refractivity contribution in [2.45, 2.75) is 322 Å². The van der Waals surface area contributed by atoms with Crippen LogP contribution in [-0.2, 0) is 28.6 Å². The normalized spacial score (nSPS) is 13.0. The largest absolute Gasteiger partial charge is 0.462 e. The van der Waals surface area contributed by atoms with E-state index in [1.54, 1.807) is 0 Å². The van der Waals surface area contributed by atoms with Crippen LogP contribution in [0.15, 0.2) is 134 Å². The number of hydrogen-bond donors (Lipinski definition) is 0. The van der Waals surface area contributed by atoms with Gasteiger partial charge in [0.25, 0.3) is 0 Å². The van der Waals surface area contributed by atoms with E-state index in [0.717, 1.165) is 96.3 Å². The van der Waals surface area contributed by atoms with Gasteiger partial charge in [0.1, 0.15) is 13.2 Å². The SMILES string of the molecule is CC/C=C\C/C=C\C/C=C\C/C=C\C/C=C\C/C=C\C/C=C\CCCC(=O)OC(COC(=O)CC/C=C\C/C=C\C/C=C\C/C=C\CC)COC(=O)CCCCCCCCCCCCCCCCCCCCCCCCCCCCCCC. The smallest absolute Gasteiger partial charge is 0.306 e. The maximum Gasteiger partial charge on any atom is 0.306 e. The Kier molecular flexibility index (Phi) is 66.3. The first kappa shape index (κ1) is 78.5. The predicted octanol–water partition coefficient (Wildman–Crippen LogP) is 24.1. The molecule has 0 aliphatic carbocycles. The minimum atomic E-state index is -0.843. The molecule has 0 spiro atoms. The Morgan fingerprint density at radius 3 is 0.795 bits per heavy atom. The van der Waals surface area contributed by atoms with Gasteiger partial charge in [-0.1, -0.05) is 334 Å². The summed E-state index contributed by atoms with van der Waals surface area (Å²) in [7, 11) is 0. The van der Waals surface area contributed by atoms with Gasteiger partial charge >= 0.3 is 17.9 Å². The van der Waals surface area contributed by atoms with Crippen LogP contribution in [0.3, 0.4) is 0 Å². The predicted molar refractivity (Wildman–Crippen MR) is 362 cm³/mol. The Morgan fingerprint density at radius 1 is 0.253 bits per heavy atom. The first-order chi connectivity index (χ1) is 41.0. The number of rotatable bonds is 62. The molecule has 6 nitrogen and oxygen atoms in total. The third-order valence-electron chi connectivity index (χ3n) is 14.7. The molecule has 0 aromatic rings. The molecular weight excluding hydrogens is 1020 g/mol. The number of carbonyl (C=O) groups excluding carboxylic acids is 3. The van der Waals surface area contributed by atoms with Crippen LogP contribution in [0.2, 0.25) is 0 Å². The number of carbonyl (C=O) groups is 3. The summed E-state index contributed by atoms with van der Waals surface area (Å²) in [5, 5.41) is 0. The molecule has 0 N–H and O–H groups in total. The maximum absolute atomic E-state index is 12.9. The number of esters is 3. The van der Waals surface area contributed by atoms with Crippen LogP contribution in [0.5, 0.6) is 0 Å². The molecule has 0 aromatic carbocycles. The summed E-state index contributed by atoms with van der Waals surface area (Å²) < 4.78 is 16.8. The molecule has 0 heterocycles. The fraction of sp³-hybridized carbons (Fsp3) is 0.675. The van der Waals surface area contributed by atoms with Crippen molar-refractivity contribution in [1.29, 1.82) is 0 Å². The summed E-state index contributed by atoms with van der Waals surface area (Å²) in [6, 6.07) is 0. The lowest BCUT2D eigenvalue weighted by Crippen LogP contribution is -2.30. The van der Waals surface area contributed by atoms with Gasteiger partial charge in [0.05, 0.1) is 0 Å². The molecular formula is C77H128O6. The van der Waals surface area contributed by atoms with Crippen LogP contribution < -0.4 is 0 Å². The van der Waals surface area contributed by atoms with Crippen molar-refractivity contribution in [3.05, 3.63) is 134 Å². The molecule has 0 fully saturated rings. The Morgan fingerprint density at radius 2 is 0.494 bits per heavy atom. The summed E-state index contributed by atoms with van der Waals surface area (Å²) in [5.74, 6) is -1.06. The molecule has 0 aromatic heterocycles. The van der Waals surface area contributed by atoms with E-state index in [9.17, 15) is 14.4 Å². The van der Waals surface area contributed by atoms with Crippen LogP contribution in [0.25, 0.3) is 0 Å². The minimum absolute atomic E-state index is 0.125. The van der Waals surface area contributed by atoms with E-state index in [1.807, 2.05) is 12.2 Å². The molecule has 83 heavy (non-hydrogen) atoms. The first-order valence-electron chi connectivity index (χ1n) is 34.7. The number of allylic oxidation sites excluding steroid dienone is 22. The molecule has 0 radical (unpaired) electrons. The van der Waals surface area contributed by atoms with E-state index in [1.165, 1.54) is 167 Å². The molecule has 1 atom stereocenters. The van der Waals surface area contributed by atoms with Crippen molar-refractivity contribution >= 4 is 17.9 Å². The highest BCUT2D eigenvalue weighted by molar-refractivity contribution is 5.71. The molecule has 6 heteroatoms. The lowest BCUT2D eigenvalue weighted by Gasteiger charge is -2.18. The molecule has 0 amide bonds. The van der Waals surface area contributed by atoms with E-state index in [0.29, 0.717) is 19.3 Å². The second-order valence-corrected chi connectivity index (χ2v) is 22.7. The Bertz CT molecular complexity index is 1750. The van der Waals surface area contributed by atoms with Crippen LogP contribution in [-0.4, -0.2) is 37.2 Å². The lowest BCUT2D eigenvalue weighted by atomic mass is 10.0. The van der Waals surface area contributed by atoms with Gasteiger partial charge in [0, 0.05) is 19.3 Å². The van der Waals surface area contributed by atoms with E-state index in [4.69, 9.17) is 14.2 Å². The van der Waals surface area contributed by atoms with Crippen molar-refractivity contribution in [2.24, 2.45) is 0 Å². The zero-order chi connectivity index (χ0) is 59.9.